The van der Waals surface area contributed by atoms with Gasteiger partial charge >= 0.3 is 14.1 Å². The van der Waals surface area contributed by atoms with Gasteiger partial charge in [-0.3, -0.25) is 0 Å². The van der Waals surface area contributed by atoms with Crippen molar-refractivity contribution in [3.63, 3.8) is 0 Å². The van der Waals surface area contributed by atoms with Crippen LogP contribution in [0.3, 0.4) is 0 Å². The number of hydrogen-bond acceptors (Lipinski definition) is 0. The van der Waals surface area contributed by atoms with Gasteiger partial charge in [-0.15, -0.1) is 0 Å². The summed E-state index contributed by atoms with van der Waals surface area (Å²) in [5.41, 5.74) is -7.22. The van der Waals surface area contributed by atoms with Crippen LogP contribution >= 0.6 is 0 Å². The molecule has 2 aliphatic carbocycles. The third-order valence-corrected chi connectivity index (χ3v) is 8.89. The summed E-state index contributed by atoms with van der Waals surface area (Å²) in [6.07, 6.45) is -6.78. The first-order valence-electron chi connectivity index (χ1n) is 9.39. The molecule has 33 heavy (non-hydrogen) atoms. The highest BCUT2D eigenvalue weighted by Gasteiger charge is 2.53. The van der Waals surface area contributed by atoms with E-state index >= 15 is 0 Å². The predicted octanol–water partition coefficient (Wildman–Crippen LogP) is 6.51. The summed E-state index contributed by atoms with van der Waals surface area (Å²) in [6, 6.07) is 0.345. The molecule has 0 fully saturated rings. The molecule has 12 heteroatoms. The molecule has 3 rings (SSSR count). The average molecular weight is 502 g/mol. The molecule has 0 amide bonds. The van der Waals surface area contributed by atoms with Gasteiger partial charge in [-0.1, -0.05) is 0 Å². The van der Waals surface area contributed by atoms with E-state index in [0.29, 0.717) is 19.9 Å². The molecule has 0 bridgehead atoms. The van der Waals surface area contributed by atoms with E-state index < -0.39 is 97.4 Å². The number of allylic oxidation sites excluding steroid dienone is 8. The van der Waals surface area contributed by atoms with Gasteiger partial charge in [0.05, 0.1) is 0 Å². The zero-order chi connectivity index (χ0) is 25.2. The number of aryl methyl sites for hydroxylation is 1. The molecule has 0 nitrogen and oxygen atoms in total. The van der Waals surface area contributed by atoms with Gasteiger partial charge in [0.1, 0.15) is 34.9 Å². The molecular formula is C21H14AlF11. The van der Waals surface area contributed by atoms with Gasteiger partial charge in [-0.05, 0) is 57.8 Å². The molecule has 1 aromatic carbocycles. The summed E-state index contributed by atoms with van der Waals surface area (Å²) in [6.45, 7) is 1.75. The van der Waals surface area contributed by atoms with Crippen LogP contribution in [0.1, 0.15) is 19.4 Å². The summed E-state index contributed by atoms with van der Waals surface area (Å²) >= 11 is -4.99. The van der Waals surface area contributed by atoms with E-state index in [-0.39, 0.29) is 12.2 Å². The molecule has 4 atom stereocenters. The SMILES string of the molecule is Cc1cc(F)[c]([Al]([C]2=C(F)C(F)C(C)(F)C=C2F)[C]2=C(F)C(F)C(C)(F)C=C2F)c(F)c1F. The van der Waals surface area contributed by atoms with Gasteiger partial charge < -0.3 is 0 Å². The van der Waals surface area contributed by atoms with Gasteiger partial charge in [0.15, 0.2) is 29.5 Å². The van der Waals surface area contributed by atoms with Crippen molar-refractivity contribution in [1.29, 1.82) is 0 Å². The fourth-order valence-electron chi connectivity index (χ4n) is 3.77. The minimum atomic E-state index is -4.99. The van der Waals surface area contributed by atoms with Crippen molar-refractivity contribution in [2.75, 3.05) is 0 Å². The van der Waals surface area contributed by atoms with Gasteiger partial charge in [0.25, 0.3) is 0 Å². The van der Waals surface area contributed by atoms with E-state index in [1.165, 1.54) is 0 Å². The van der Waals surface area contributed by atoms with Crippen LogP contribution in [0.25, 0.3) is 0 Å². The maximum absolute atomic E-state index is 14.9. The Morgan fingerprint density at radius 2 is 1.12 bits per heavy atom. The Balaban J connectivity index is 2.46. The lowest BCUT2D eigenvalue weighted by Gasteiger charge is -2.32. The van der Waals surface area contributed by atoms with Crippen molar-refractivity contribution < 1.29 is 48.3 Å². The summed E-state index contributed by atoms with van der Waals surface area (Å²) in [5.74, 6) is -14.1. The molecule has 0 aromatic heterocycles. The Bertz CT molecular complexity index is 1090. The Morgan fingerprint density at radius 1 is 0.727 bits per heavy atom. The minimum absolute atomic E-state index is 0.119. The van der Waals surface area contributed by atoms with Crippen LogP contribution < -0.4 is 4.43 Å². The number of rotatable bonds is 3. The highest BCUT2D eigenvalue weighted by molar-refractivity contribution is 6.87. The first-order chi connectivity index (χ1) is 15.0. The summed E-state index contributed by atoms with van der Waals surface area (Å²) in [4.78, 5) is 0. The lowest BCUT2D eigenvalue weighted by molar-refractivity contribution is 0.113. The van der Waals surface area contributed by atoms with Crippen LogP contribution in [0.4, 0.5) is 48.3 Å². The standard InChI is InChI=1S/2C7H5F4.C7H4F3.Al/c2*1-7(11)3-4(8)2-5(9)6(7)10;1-4-2-5(8)3-6(9)7(4)10;/h2*3,6H,1H3;2H,1H3;. The van der Waals surface area contributed by atoms with Crippen molar-refractivity contribution in [3.05, 3.63) is 73.4 Å². The Hall–Kier alpha value is -2.06. The Kier molecular flexibility index (Phi) is 6.44. The second-order valence-electron chi connectivity index (χ2n) is 8.19. The largest absolute Gasteiger partial charge is 0.411 e. The maximum atomic E-state index is 14.9. The first kappa shape index (κ1) is 25.6. The smallest absolute Gasteiger partial charge is 0.236 e. The molecule has 0 saturated heterocycles. The number of alkyl halides is 4. The van der Waals surface area contributed by atoms with Crippen LogP contribution in [0.5, 0.6) is 0 Å². The van der Waals surface area contributed by atoms with Gasteiger partial charge in [-0.2, -0.15) is 0 Å². The zero-order valence-corrected chi connectivity index (χ0v) is 18.3. The van der Waals surface area contributed by atoms with E-state index in [4.69, 9.17) is 0 Å². The lowest BCUT2D eigenvalue weighted by atomic mass is 9.95. The normalized spacial score (nSPS) is 30.5. The molecule has 1 aromatic rings. The molecule has 2 aliphatic rings. The summed E-state index contributed by atoms with van der Waals surface area (Å²) in [7, 11) is 0. The number of halogens is 11. The second-order valence-corrected chi connectivity index (χ2v) is 10.8. The van der Waals surface area contributed by atoms with Gasteiger partial charge in [0, 0.05) is 0 Å². The minimum Gasteiger partial charge on any atom is -0.236 e. The number of benzene rings is 1. The first-order valence-corrected chi connectivity index (χ1v) is 11.1. The van der Waals surface area contributed by atoms with Crippen molar-refractivity contribution >= 4 is 18.6 Å². The Morgan fingerprint density at radius 3 is 1.52 bits per heavy atom. The highest BCUT2D eigenvalue weighted by atomic mass is 27.2. The topological polar surface area (TPSA) is 0 Å². The van der Waals surface area contributed by atoms with Crippen LogP contribution in [-0.2, 0) is 0 Å². The lowest BCUT2D eigenvalue weighted by Crippen LogP contribution is -2.47. The van der Waals surface area contributed by atoms with Crippen LogP contribution in [0.15, 0.2) is 50.4 Å². The van der Waals surface area contributed by atoms with E-state index in [9.17, 15) is 48.3 Å². The van der Waals surface area contributed by atoms with Crippen molar-refractivity contribution in [1.82, 2.24) is 0 Å². The van der Waals surface area contributed by atoms with Crippen LogP contribution in [-0.4, -0.2) is 37.8 Å². The second kappa shape index (κ2) is 8.31. The maximum Gasteiger partial charge on any atom is 0.411 e. The van der Waals surface area contributed by atoms with E-state index in [1.54, 1.807) is 0 Å². The fraction of sp³-hybridized carbons (Fsp3) is 0.333. The molecule has 0 N–H and O–H groups in total. The number of hydrogen-bond donors (Lipinski definition) is 0. The van der Waals surface area contributed by atoms with Gasteiger partial charge in [0.2, 0.25) is 0 Å². The third-order valence-electron chi connectivity index (χ3n) is 5.53. The molecule has 0 radical (unpaired) electrons. The van der Waals surface area contributed by atoms with Crippen molar-refractivity contribution in [2.24, 2.45) is 0 Å². The van der Waals surface area contributed by atoms with Crippen molar-refractivity contribution in [2.45, 2.75) is 44.5 Å². The van der Waals surface area contributed by atoms with Crippen LogP contribution in [0.2, 0.25) is 0 Å². The van der Waals surface area contributed by atoms with E-state index in [0.717, 1.165) is 6.92 Å². The molecule has 0 aliphatic heterocycles. The fourth-order valence-corrected chi connectivity index (χ4v) is 6.94. The summed E-state index contributed by atoms with van der Waals surface area (Å²) in [5, 5.41) is 0. The van der Waals surface area contributed by atoms with Crippen LogP contribution in [0, 0.1) is 24.4 Å². The quantitative estimate of drug-likeness (QED) is 0.251. The summed E-state index contributed by atoms with van der Waals surface area (Å²) < 4.78 is 155. The monoisotopic (exact) mass is 502 g/mol. The molecule has 0 heterocycles. The molecule has 178 valence electrons. The molecule has 0 spiro atoms. The molecular weight excluding hydrogens is 488 g/mol. The van der Waals surface area contributed by atoms with E-state index in [1.807, 2.05) is 0 Å². The molecule has 4 unspecified atom stereocenters. The molecule has 0 saturated carbocycles. The Labute approximate surface area is 185 Å². The average Bonchev–Trinajstić information content (AvgIpc) is 2.68. The van der Waals surface area contributed by atoms with Gasteiger partial charge in [-0.25, -0.2) is 48.3 Å². The third kappa shape index (κ3) is 4.05. The zero-order valence-electron chi connectivity index (χ0n) is 17.1. The van der Waals surface area contributed by atoms with E-state index in [2.05, 4.69) is 0 Å². The van der Waals surface area contributed by atoms with Crippen molar-refractivity contribution in [3.8, 4) is 0 Å². The highest BCUT2D eigenvalue weighted by Crippen LogP contribution is 2.45. The predicted molar refractivity (Wildman–Crippen MR) is 99.9 cm³/mol.